The van der Waals surface area contributed by atoms with Gasteiger partial charge in [0, 0.05) is 24.6 Å². The van der Waals surface area contributed by atoms with Gasteiger partial charge in [0.15, 0.2) is 15.7 Å². The van der Waals surface area contributed by atoms with E-state index in [1.54, 1.807) is 29.2 Å². The van der Waals surface area contributed by atoms with Crippen LogP contribution in [0.15, 0.2) is 36.7 Å². The monoisotopic (exact) mass is 431 g/mol. The number of nitrogens with zero attached hydrogens (tertiary/aromatic N) is 4. The first-order valence-corrected chi connectivity index (χ1v) is 12.0. The van der Waals surface area contributed by atoms with Gasteiger partial charge in [0.1, 0.15) is 12.4 Å². The minimum absolute atomic E-state index is 0.0450. The van der Waals surface area contributed by atoms with E-state index in [1.807, 2.05) is 12.1 Å². The Labute approximate surface area is 175 Å². The Morgan fingerprint density at radius 2 is 2.03 bits per heavy atom. The van der Waals surface area contributed by atoms with Crippen LogP contribution in [0.1, 0.15) is 25.7 Å². The van der Waals surface area contributed by atoms with Crippen molar-refractivity contribution in [2.24, 2.45) is 0 Å². The quantitative estimate of drug-likeness (QED) is 0.583. The summed E-state index contributed by atoms with van der Waals surface area (Å²) in [5, 5.41) is 18.2. The molecule has 0 spiro atoms. The fraction of sp³-hybridized carbons (Fsp3) is 0.450. The lowest BCUT2D eigenvalue weighted by Crippen LogP contribution is -2.29. The Balaban J connectivity index is 1.54. The van der Waals surface area contributed by atoms with E-state index in [0.29, 0.717) is 17.5 Å². The van der Waals surface area contributed by atoms with E-state index in [1.165, 1.54) is 6.26 Å². The summed E-state index contributed by atoms with van der Waals surface area (Å²) in [4.78, 5) is 8.91. The van der Waals surface area contributed by atoms with Gasteiger partial charge >= 0.3 is 0 Å². The van der Waals surface area contributed by atoms with Gasteiger partial charge in [-0.05, 0) is 37.8 Å². The summed E-state index contributed by atoms with van der Waals surface area (Å²) < 4.78 is 30.1. The van der Waals surface area contributed by atoms with Crippen molar-refractivity contribution >= 4 is 26.7 Å². The number of hydrogen-bond donors (Lipinski definition) is 2. The maximum atomic E-state index is 11.3. The Kier molecular flexibility index (Phi) is 5.87. The molecule has 160 valence electrons. The van der Waals surface area contributed by atoms with Crippen LogP contribution in [-0.4, -0.2) is 64.0 Å². The first-order valence-electron chi connectivity index (χ1n) is 9.94. The number of benzene rings is 1. The molecule has 2 N–H and O–H groups in total. The second-order valence-corrected chi connectivity index (χ2v) is 9.87. The van der Waals surface area contributed by atoms with Gasteiger partial charge < -0.3 is 15.2 Å². The van der Waals surface area contributed by atoms with E-state index in [-0.39, 0.29) is 24.5 Å². The van der Waals surface area contributed by atoms with Crippen LogP contribution in [0, 0.1) is 0 Å². The fourth-order valence-corrected chi connectivity index (χ4v) is 3.96. The highest BCUT2D eigenvalue weighted by molar-refractivity contribution is 7.90. The van der Waals surface area contributed by atoms with Gasteiger partial charge in [0.05, 0.1) is 29.0 Å². The van der Waals surface area contributed by atoms with E-state index in [2.05, 4.69) is 20.4 Å². The molecule has 0 aliphatic heterocycles. The number of aromatic nitrogens is 4. The van der Waals surface area contributed by atoms with Crippen molar-refractivity contribution in [3.05, 3.63) is 36.7 Å². The van der Waals surface area contributed by atoms with Crippen LogP contribution in [0.25, 0.3) is 16.7 Å². The highest BCUT2D eigenvalue weighted by Gasteiger charge is 2.20. The smallest absolute Gasteiger partial charge is 0.224 e. The predicted molar refractivity (Wildman–Crippen MR) is 114 cm³/mol. The third kappa shape index (κ3) is 4.88. The van der Waals surface area contributed by atoms with Crippen molar-refractivity contribution in [3.63, 3.8) is 0 Å². The maximum absolute atomic E-state index is 11.3. The van der Waals surface area contributed by atoms with Gasteiger partial charge in [-0.3, -0.25) is 0 Å². The molecular weight excluding hydrogens is 406 g/mol. The molecule has 0 radical (unpaired) electrons. The molecule has 30 heavy (non-hydrogen) atoms. The van der Waals surface area contributed by atoms with Crippen molar-refractivity contribution in [2.45, 2.75) is 37.8 Å². The summed E-state index contributed by atoms with van der Waals surface area (Å²) >= 11 is 0. The van der Waals surface area contributed by atoms with Crippen LogP contribution in [0.5, 0.6) is 5.75 Å². The largest absolute Gasteiger partial charge is 0.492 e. The van der Waals surface area contributed by atoms with Crippen LogP contribution >= 0.6 is 0 Å². The number of nitrogens with one attached hydrogen (secondary N) is 1. The molecule has 0 unspecified atom stereocenters. The van der Waals surface area contributed by atoms with Gasteiger partial charge in [-0.1, -0.05) is 6.07 Å². The zero-order chi connectivity index (χ0) is 21.1. The molecule has 3 aromatic rings. The molecule has 0 bridgehead atoms. The lowest BCUT2D eigenvalue weighted by Gasteiger charge is -2.26. The van der Waals surface area contributed by atoms with E-state index in [0.717, 1.165) is 36.6 Å². The highest BCUT2D eigenvalue weighted by atomic mass is 32.2. The van der Waals surface area contributed by atoms with E-state index in [4.69, 9.17) is 4.74 Å². The number of rotatable bonds is 7. The zero-order valence-corrected chi connectivity index (χ0v) is 17.5. The topological polar surface area (TPSA) is 119 Å². The second-order valence-electron chi connectivity index (χ2n) is 7.61. The minimum atomic E-state index is -3.09. The standard InChI is InChI=1S/C20H25N5O4S/c1-30(27,28)12-11-29-18-4-2-3-17-16(18)13-22-25(17)19-9-10-21-20(24-19)23-14-5-7-15(26)8-6-14/h2-4,9-10,13-15,26H,5-8,11-12H2,1H3,(H,21,23,24)/t14-,15-. The Hall–Kier alpha value is -2.72. The van der Waals surface area contributed by atoms with Gasteiger partial charge in [-0.2, -0.15) is 10.1 Å². The van der Waals surface area contributed by atoms with Crippen LogP contribution in [-0.2, 0) is 9.84 Å². The number of sulfone groups is 1. The molecule has 4 rings (SSSR count). The molecule has 0 amide bonds. The molecule has 1 aliphatic carbocycles. The average Bonchev–Trinajstić information content (AvgIpc) is 3.14. The normalized spacial score (nSPS) is 19.7. The number of aliphatic hydroxyl groups is 1. The molecule has 0 atom stereocenters. The van der Waals surface area contributed by atoms with Crippen molar-refractivity contribution in [1.29, 1.82) is 0 Å². The van der Waals surface area contributed by atoms with Gasteiger partial charge in [0.2, 0.25) is 5.95 Å². The van der Waals surface area contributed by atoms with Crippen molar-refractivity contribution in [2.75, 3.05) is 23.9 Å². The first kappa shape index (κ1) is 20.5. The van der Waals surface area contributed by atoms with Crippen LogP contribution in [0.4, 0.5) is 5.95 Å². The molecule has 1 aliphatic rings. The van der Waals surface area contributed by atoms with Crippen molar-refractivity contribution < 1.29 is 18.3 Å². The number of fused-ring (bicyclic) bond motifs is 1. The van der Waals surface area contributed by atoms with Crippen LogP contribution in [0.3, 0.4) is 0 Å². The minimum Gasteiger partial charge on any atom is -0.492 e. The molecule has 0 saturated heterocycles. The summed E-state index contributed by atoms with van der Waals surface area (Å²) in [6, 6.07) is 7.56. The Bertz CT molecular complexity index is 1120. The highest BCUT2D eigenvalue weighted by Crippen LogP contribution is 2.27. The summed E-state index contributed by atoms with van der Waals surface area (Å²) in [5.74, 6) is 1.68. The SMILES string of the molecule is CS(=O)(=O)CCOc1cccc2c1cnn2-c1ccnc(N[C@H]2CC[C@H](O)CC2)n1. The fourth-order valence-electron chi connectivity index (χ4n) is 3.58. The second kappa shape index (κ2) is 8.57. The zero-order valence-electron chi connectivity index (χ0n) is 16.7. The van der Waals surface area contributed by atoms with Gasteiger partial charge in [-0.15, -0.1) is 0 Å². The predicted octanol–water partition coefficient (Wildman–Crippen LogP) is 1.95. The number of ether oxygens (including phenoxy) is 1. The summed E-state index contributed by atoms with van der Waals surface area (Å²) in [7, 11) is -3.09. The molecule has 1 saturated carbocycles. The third-order valence-electron chi connectivity index (χ3n) is 5.17. The third-order valence-corrected chi connectivity index (χ3v) is 6.08. The van der Waals surface area contributed by atoms with E-state index >= 15 is 0 Å². The molecule has 2 aromatic heterocycles. The average molecular weight is 432 g/mol. The van der Waals surface area contributed by atoms with E-state index < -0.39 is 9.84 Å². The Morgan fingerprint density at radius 3 is 2.80 bits per heavy atom. The molecular formula is C20H25N5O4S. The lowest BCUT2D eigenvalue weighted by atomic mass is 9.93. The molecule has 1 fully saturated rings. The van der Waals surface area contributed by atoms with Gasteiger partial charge in [0.25, 0.3) is 0 Å². The maximum Gasteiger partial charge on any atom is 0.224 e. The van der Waals surface area contributed by atoms with E-state index in [9.17, 15) is 13.5 Å². The first-order chi connectivity index (χ1) is 14.4. The van der Waals surface area contributed by atoms with Crippen LogP contribution < -0.4 is 10.1 Å². The summed E-state index contributed by atoms with van der Waals surface area (Å²) in [5.41, 5.74) is 0.803. The van der Waals surface area contributed by atoms with Gasteiger partial charge in [-0.25, -0.2) is 18.1 Å². The number of hydrogen-bond acceptors (Lipinski definition) is 8. The van der Waals surface area contributed by atoms with Crippen molar-refractivity contribution in [1.82, 2.24) is 19.7 Å². The summed E-state index contributed by atoms with van der Waals surface area (Å²) in [6.07, 6.45) is 7.67. The molecule has 9 nitrogen and oxygen atoms in total. The lowest BCUT2D eigenvalue weighted by molar-refractivity contribution is 0.126. The molecule has 10 heteroatoms. The Morgan fingerprint density at radius 1 is 1.23 bits per heavy atom. The van der Waals surface area contributed by atoms with Crippen LogP contribution in [0.2, 0.25) is 0 Å². The van der Waals surface area contributed by atoms with Crippen molar-refractivity contribution in [3.8, 4) is 11.6 Å². The molecule has 1 aromatic carbocycles. The molecule has 2 heterocycles. The number of anilines is 1. The summed E-state index contributed by atoms with van der Waals surface area (Å²) in [6.45, 7) is 0.0841. The number of aliphatic hydroxyl groups excluding tert-OH is 1.